The standard InChI is InChI=1S/C13H9NO3.C5H14NO4P/c15-13(10-6-2-1-3-7-10)11-8-4-5-9-12(11)14(16)17;1-6(2,3)4-5-10-11(7,8)9/h1-9H;4-5H2,1-3H3,(H-,7,8,9)/p+1. The van der Waals surface area contributed by atoms with Crippen molar-refractivity contribution in [3.63, 3.8) is 0 Å². The van der Waals surface area contributed by atoms with Crippen LogP contribution in [-0.2, 0) is 9.09 Å². The number of carbonyl (C=O) groups is 1. The SMILES string of the molecule is C[N+](C)(C)CCOP(=O)(O)O.O=C(c1ccccc1)c1ccccc1[N+](=O)[O-]. The molecule has 0 aliphatic rings. The van der Waals surface area contributed by atoms with Crippen molar-refractivity contribution in [2.45, 2.75) is 0 Å². The molecule has 0 heterocycles. The molecule has 0 unspecified atom stereocenters. The van der Waals surface area contributed by atoms with Crippen molar-refractivity contribution in [1.82, 2.24) is 0 Å². The van der Waals surface area contributed by atoms with Gasteiger partial charge in [-0.1, -0.05) is 42.5 Å². The van der Waals surface area contributed by atoms with Crippen LogP contribution in [0.4, 0.5) is 5.69 Å². The van der Waals surface area contributed by atoms with Gasteiger partial charge in [-0.3, -0.25) is 19.4 Å². The fraction of sp³-hybridized carbons (Fsp3) is 0.278. The summed E-state index contributed by atoms with van der Waals surface area (Å²) in [5.74, 6) is -0.335. The maximum Gasteiger partial charge on any atom is 0.469 e. The van der Waals surface area contributed by atoms with Gasteiger partial charge in [-0.2, -0.15) is 0 Å². The van der Waals surface area contributed by atoms with Crippen LogP contribution in [0, 0.1) is 10.1 Å². The third-order valence-corrected chi connectivity index (χ3v) is 3.92. The van der Waals surface area contributed by atoms with Crippen molar-refractivity contribution in [3.05, 3.63) is 75.8 Å². The summed E-state index contributed by atoms with van der Waals surface area (Å²) in [6, 6.07) is 14.5. The zero-order valence-corrected chi connectivity index (χ0v) is 16.8. The first-order valence-electron chi connectivity index (χ1n) is 8.24. The normalized spacial score (nSPS) is 11.3. The van der Waals surface area contributed by atoms with Gasteiger partial charge in [-0.05, 0) is 6.07 Å². The number of nitro groups is 1. The third kappa shape index (κ3) is 8.98. The Labute approximate surface area is 163 Å². The van der Waals surface area contributed by atoms with Gasteiger partial charge in [-0.15, -0.1) is 0 Å². The fourth-order valence-electron chi connectivity index (χ4n) is 2.00. The summed E-state index contributed by atoms with van der Waals surface area (Å²) in [6.07, 6.45) is 0. The van der Waals surface area contributed by atoms with Crippen molar-refractivity contribution in [3.8, 4) is 0 Å². The van der Waals surface area contributed by atoms with Crippen LogP contribution in [0.5, 0.6) is 0 Å². The zero-order chi connectivity index (χ0) is 21.4. The number of hydrogen-bond acceptors (Lipinski definition) is 5. The number of nitrogens with zero attached hydrogens (tertiary/aromatic N) is 2. The summed E-state index contributed by atoms with van der Waals surface area (Å²) in [4.78, 5) is 38.9. The van der Waals surface area contributed by atoms with E-state index in [0.717, 1.165) is 0 Å². The number of benzene rings is 2. The van der Waals surface area contributed by atoms with Gasteiger partial charge in [0.25, 0.3) is 5.69 Å². The van der Waals surface area contributed by atoms with E-state index >= 15 is 0 Å². The van der Waals surface area contributed by atoms with E-state index in [1.165, 1.54) is 12.1 Å². The van der Waals surface area contributed by atoms with Crippen LogP contribution in [-0.4, -0.2) is 59.3 Å². The van der Waals surface area contributed by atoms with Crippen molar-refractivity contribution in [2.75, 3.05) is 34.3 Å². The molecule has 0 saturated carbocycles. The number of rotatable bonds is 7. The molecule has 0 bridgehead atoms. The number of carbonyl (C=O) groups excluding carboxylic acids is 1. The maximum atomic E-state index is 12.1. The number of nitro benzene ring substituents is 1. The van der Waals surface area contributed by atoms with Crippen LogP contribution in [0.15, 0.2) is 54.6 Å². The van der Waals surface area contributed by atoms with E-state index in [1.54, 1.807) is 42.5 Å². The molecule has 152 valence electrons. The molecule has 2 rings (SSSR count). The Hall–Kier alpha value is -2.42. The summed E-state index contributed by atoms with van der Waals surface area (Å²) < 4.78 is 15.1. The number of phosphoric ester groups is 1. The second-order valence-corrected chi connectivity index (χ2v) is 8.05. The molecular formula is C18H24N2O7P+. The van der Waals surface area contributed by atoms with Crippen LogP contribution in [0.3, 0.4) is 0 Å². The lowest BCUT2D eigenvalue weighted by atomic mass is 10.0. The van der Waals surface area contributed by atoms with Crippen molar-refractivity contribution in [1.29, 1.82) is 0 Å². The Kier molecular flexibility index (Phi) is 8.62. The Morgan fingerprint density at radius 3 is 2.11 bits per heavy atom. The van der Waals surface area contributed by atoms with Crippen LogP contribution in [0.2, 0.25) is 0 Å². The Bertz CT molecular complexity index is 845. The third-order valence-electron chi connectivity index (χ3n) is 3.40. The highest BCUT2D eigenvalue weighted by Gasteiger charge is 2.20. The van der Waals surface area contributed by atoms with Gasteiger partial charge >= 0.3 is 7.82 Å². The quantitative estimate of drug-likeness (QED) is 0.236. The summed E-state index contributed by atoms with van der Waals surface area (Å²) >= 11 is 0. The molecule has 0 radical (unpaired) electrons. The smallest absolute Gasteiger partial charge is 0.329 e. The highest BCUT2D eigenvalue weighted by atomic mass is 31.2. The molecule has 0 aliphatic heterocycles. The molecule has 2 N–H and O–H groups in total. The summed E-state index contributed by atoms with van der Waals surface area (Å²) in [7, 11) is 1.50. The topological polar surface area (TPSA) is 127 Å². The van der Waals surface area contributed by atoms with Gasteiger partial charge in [0.05, 0.1) is 26.1 Å². The lowest BCUT2D eigenvalue weighted by Crippen LogP contribution is -2.37. The number of ketones is 1. The molecular weight excluding hydrogens is 387 g/mol. The largest absolute Gasteiger partial charge is 0.469 e. The average molecular weight is 411 g/mol. The van der Waals surface area contributed by atoms with E-state index in [-0.39, 0.29) is 23.6 Å². The molecule has 0 aromatic heterocycles. The Morgan fingerprint density at radius 2 is 1.61 bits per heavy atom. The summed E-state index contributed by atoms with van der Waals surface area (Å²) in [6.45, 7) is 0.652. The number of hydrogen-bond donors (Lipinski definition) is 2. The van der Waals surface area contributed by atoms with Gasteiger partial charge in [-0.25, -0.2) is 4.57 Å². The molecule has 0 fully saturated rings. The van der Waals surface area contributed by atoms with Crippen LogP contribution in [0.25, 0.3) is 0 Å². The first kappa shape index (κ1) is 23.6. The van der Waals surface area contributed by atoms with E-state index in [0.29, 0.717) is 16.6 Å². The van der Waals surface area contributed by atoms with Gasteiger partial charge in [0, 0.05) is 11.6 Å². The van der Waals surface area contributed by atoms with Crippen molar-refractivity contribution >= 4 is 19.3 Å². The molecule has 10 heteroatoms. The lowest BCUT2D eigenvalue weighted by molar-refractivity contribution is -0.870. The summed E-state index contributed by atoms with van der Waals surface area (Å²) in [5.41, 5.74) is 0.395. The Morgan fingerprint density at radius 1 is 1.07 bits per heavy atom. The molecule has 0 atom stereocenters. The molecule has 0 amide bonds. The monoisotopic (exact) mass is 411 g/mol. The second-order valence-electron chi connectivity index (χ2n) is 6.81. The molecule has 9 nitrogen and oxygen atoms in total. The highest BCUT2D eigenvalue weighted by molar-refractivity contribution is 7.46. The molecule has 0 saturated heterocycles. The first-order valence-corrected chi connectivity index (χ1v) is 9.77. The van der Waals surface area contributed by atoms with E-state index in [1.807, 2.05) is 21.1 Å². The van der Waals surface area contributed by atoms with Crippen LogP contribution < -0.4 is 0 Å². The zero-order valence-electron chi connectivity index (χ0n) is 15.9. The number of quaternary nitrogens is 1. The van der Waals surface area contributed by atoms with E-state index in [2.05, 4.69) is 4.52 Å². The molecule has 28 heavy (non-hydrogen) atoms. The van der Waals surface area contributed by atoms with E-state index in [4.69, 9.17) is 9.79 Å². The number of phosphoric acid groups is 1. The first-order chi connectivity index (χ1) is 12.9. The summed E-state index contributed by atoms with van der Waals surface area (Å²) in [5, 5.41) is 10.8. The highest BCUT2D eigenvalue weighted by Crippen LogP contribution is 2.35. The number of likely N-dealkylation sites (N-methyl/N-ethyl adjacent to an activating group) is 1. The predicted molar refractivity (Wildman–Crippen MR) is 104 cm³/mol. The van der Waals surface area contributed by atoms with Crippen LogP contribution in [0.1, 0.15) is 15.9 Å². The molecule has 0 aliphatic carbocycles. The lowest BCUT2D eigenvalue weighted by Gasteiger charge is -2.23. The van der Waals surface area contributed by atoms with Gasteiger partial charge in [0.1, 0.15) is 18.7 Å². The van der Waals surface area contributed by atoms with Crippen molar-refractivity contribution in [2.24, 2.45) is 0 Å². The molecule has 0 spiro atoms. The average Bonchev–Trinajstić information content (AvgIpc) is 2.60. The van der Waals surface area contributed by atoms with Crippen molar-refractivity contribution < 1.29 is 33.1 Å². The molecule has 2 aromatic rings. The van der Waals surface area contributed by atoms with Crippen LogP contribution >= 0.6 is 7.82 Å². The number of para-hydroxylation sites is 1. The van der Waals surface area contributed by atoms with Gasteiger partial charge in [0.2, 0.25) is 0 Å². The Balaban J connectivity index is 0.000000311. The minimum absolute atomic E-state index is 0.0772. The second kappa shape index (κ2) is 10.2. The minimum Gasteiger partial charge on any atom is -0.329 e. The maximum absolute atomic E-state index is 12.1. The van der Waals surface area contributed by atoms with Gasteiger partial charge < -0.3 is 14.3 Å². The fourth-order valence-corrected chi connectivity index (χ4v) is 2.32. The van der Waals surface area contributed by atoms with Gasteiger partial charge in [0.15, 0.2) is 5.78 Å². The minimum atomic E-state index is -4.26. The predicted octanol–water partition coefficient (Wildman–Crippen LogP) is 2.63. The molecule has 2 aromatic carbocycles. The van der Waals surface area contributed by atoms with E-state index in [9.17, 15) is 19.5 Å². The van der Waals surface area contributed by atoms with E-state index < -0.39 is 12.7 Å².